The Morgan fingerprint density at radius 1 is 0.939 bits per heavy atom. The summed E-state index contributed by atoms with van der Waals surface area (Å²) < 4.78 is 55.7. The van der Waals surface area contributed by atoms with Crippen LogP contribution in [-0.4, -0.2) is 37.0 Å². The van der Waals surface area contributed by atoms with Crippen LogP contribution in [0.4, 0.5) is 29.1 Å². The van der Waals surface area contributed by atoms with Gasteiger partial charge in [0.15, 0.2) is 5.82 Å². The molecule has 4 aromatic carbocycles. The van der Waals surface area contributed by atoms with E-state index in [4.69, 9.17) is 36.1 Å². The molecule has 6 aromatic rings. The van der Waals surface area contributed by atoms with Gasteiger partial charge in [-0.25, -0.2) is 19.2 Å². The fourth-order valence-corrected chi connectivity index (χ4v) is 5.25. The van der Waals surface area contributed by atoms with E-state index in [1.165, 1.54) is 6.07 Å². The van der Waals surface area contributed by atoms with Crippen molar-refractivity contribution in [2.24, 2.45) is 7.05 Å². The predicted molar refractivity (Wildman–Crippen MR) is 178 cm³/mol. The number of nitrogens with zero attached hydrogens (tertiary/aromatic N) is 4. The van der Waals surface area contributed by atoms with Crippen LogP contribution in [0.25, 0.3) is 22.2 Å². The molecular weight excluding hydrogens is 640 g/mol. The molecule has 1 unspecified atom stereocenters. The zero-order valence-corrected chi connectivity index (χ0v) is 26.4. The lowest BCUT2D eigenvalue weighted by atomic mass is 9.90. The molecule has 0 aliphatic rings. The third-order valence-electron chi connectivity index (χ3n) is 7.64. The standard InChI is InChI=1S/C34H31FN6O.C2HF3O2/c1-3-22-17-27(28(35)19-30(22)42-20-21-10-6-4-7-11-21)31(29-18-24-16-25(36)14-15-26(24)32(37)38-29)34-39-33(40-41(34)2)23-12-8-5-9-13-23;3-2(4,5)1(6)7/h4-19,31H,3,20,36H2,1-2H3,(H2,37,38);(H,6,7). The summed E-state index contributed by atoms with van der Waals surface area (Å²) in [4.78, 5) is 18.6. The molecule has 252 valence electrons. The Morgan fingerprint density at radius 3 is 2.22 bits per heavy atom. The van der Waals surface area contributed by atoms with Crippen molar-refractivity contribution in [3.63, 3.8) is 0 Å². The number of nitrogens with two attached hydrogens (primary N) is 2. The van der Waals surface area contributed by atoms with Gasteiger partial charge in [-0.2, -0.15) is 18.3 Å². The summed E-state index contributed by atoms with van der Waals surface area (Å²) in [5.74, 6) is -2.00. The van der Waals surface area contributed by atoms with Gasteiger partial charge in [-0.05, 0) is 53.3 Å². The first-order valence-corrected chi connectivity index (χ1v) is 15.1. The fraction of sp³-hybridized carbons (Fsp3) is 0.167. The second-order valence-electron chi connectivity index (χ2n) is 11.0. The van der Waals surface area contributed by atoms with Crippen LogP contribution in [0.1, 0.15) is 41.1 Å². The third-order valence-corrected chi connectivity index (χ3v) is 7.64. The second kappa shape index (κ2) is 14.4. The van der Waals surface area contributed by atoms with Crippen molar-refractivity contribution < 1.29 is 32.2 Å². The van der Waals surface area contributed by atoms with Gasteiger partial charge in [0.25, 0.3) is 0 Å². The number of alkyl halides is 3. The number of hydrogen-bond acceptors (Lipinski definition) is 7. The van der Waals surface area contributed by atoms with E-state index in [-0.39, 0.29) is 0 Å². The van der Waals surface area contributed by atoms with Gasteiger partial charge in [-0.15, -0.1) is 0 Å². The van der Waals surface area contributed by atoms with Crippen molar-refractivity contribution in [1.29, 1.82) is 0 Å². The molecule has 13 heteroatoms. The Bertz CT molecular complexity index is 2090. The first-order chi connectivity index (χ1) is 23.3. The number of nitrogen functional groups attached to an aromatic ring is 2. The number of carboxylic acid groups (broad SMARTS) is 1. The number of aryl methyl sites for hydroxylation is 2. The average molecular weight is 673 g/mol. The Hall–Kier alpha value is -5.98. The predicted octanol–water partition coefficient (Wildman–Crippen LogP) is 7.29. The lowest BCUT2D eigenvalue weighted by Gasteiger charge is -2.21. The van der Waals surface area contributed by atoms with Crippen molar-refractivity contribution in [3.05, 3.63) is 131 Å². The molecule has 2 heterocycles. The highest BCUT2D eigenvalue weighted by Crippen LogP contribution is 2.38. The number of carbonyl (C=O) groups is 1. The van der Waals surface area contributed by atoms with Crippen LogP contribution >= 0.6 is 0 Å². The van der Waals surface area contributed by atoms with Gasteiger partial charge in [0.05, 0.1) is 11.6 Å². The van der Waals surface area contributed by atoms with Crippen LogP contribution in [-0.2, 0) is 24.9 Å². The molecule has 0 spiro atoms. The van der Waals surface area contributed by atoms with E-state index in [1.54, 1.807) is 17.8 Å². The van der Waals surface area contributed by atoms with Gasteiger partial charge in [-0.1, -0.05) is 67.6 Å². The SMILES string of the molecule is CCc1cc(C(c2cc3cc(N)ccc3c(N)n2)c2nc(-c3ccccc3)nn2C)c(F)cc1OCc1ccccc1.O=C(O)C(F)(F)F. The topological polar surface area (TPSA) is 142 Å². The Balaban J connectivity index is 0.000000606. The molecule has 6 rings (SSSR count). The van der Waals surface area contributed by atoms with Crippen molar-refractivity contribution in [2.75, 3.05) is 11.5 Å². The molecule has 0 fully saturated rings. The van der Waals surface area contributed by atoms with Crippen LogP contribution in [0.15, 0.2) is 97.1 Å². The molecule has 9 nitrogen and oxygen atoms in total. The first-order valence-electron chi connectivity index (χ1n) is 15.1. The number of halogens is 4. The number of pyridine rings is 1. The number of aromatic nitrogens is 4. The summed E-state index contributed by atoms with van der Waals surface area (Å²) in [5.41, 5.74) is 16.8. The van der Waals surface area contributed by atoms with E-state index in [9.17, 15) is 13.2 Å². The molecule has 0 amide bonds. The highest BCUT2D eigenvalue weighted by molar-refractivity contribution is 5.93. The largest absolute Gasteiger partial charge is 0.490 e. The first kappa shape index (κ1) is 34.4. The lowest BCUT2D eigenvalue weighted by molar-refractivity contribution is -0.192. The number of fused-ring (bicyclic) bond motifs is 1. The van der Waals surface area contributed by atoms with Gasteiger partial charge in [0, 0.05) is 35.3 Å². The molecule has 0 aliphatic carbocycles. The van der Waals surface area contributed by atoms with E-state index in [0.29, 0.717) is 53.2 Å². The molecule has 0 bridgehead atoms. The molecule has 0 saturated carbocycles. The molecule has 0 saturated heterocycles. The summed E-state index contributed by atoms with van der Waals surface area (Å²) in [6.07, 6.45) is -4.44. The molecule has 2 aromatic heterocycles. The quantitative estimate of drug-likeness (QED) is 0.113. The van der Waals surface area contributed by atoms with E-state index in [1.807, 2.05) is 91.9 Å². The number of anilines is 2. The van der Waals surface area contributed by atoms with Crippen LogP contribution < -0.4 is 16.2 Å². The molecule has 49 heavy (non-hydrogen) atoms. The number of rotatable bonds is 8. The average Bonchev–Trinajstić information content (AvgIpc) is 3.46. The maximum Gasteiger partial charge on any atom is 0.490 e. The Labute approximate surface area is 278 Å². The van der Waals surface area contributed by atoms with Crippen molar-refractivity contribution in [1.82, 2.24) is 19.7 Å². The highest BCUT2D eigenvalue weighted by atomic mass is 19.4. The Morgan fingerprint density at radius 2 is 1.59 bits per heavy atom. The molecule has 5 N–H and O–H groups in total. The zero-order valence-electron chi connectivity index (χ0n) is 26.4. The molecule has 1 atom stereocenters. The summed E-state index contributed by atoms with van der Waals surface area (Å²) in [7, 11) is 1.81. The minimum absolute atomic E-state index is 0.330. The van der Waals surface area contributed by atoms with Crippen molar-refractivity contribution >= 4 is 28.2 Å². The Kier molecular flexibility index (Phi) is 10.1. The smallest absolute Gasteiger partial charge is 0.489 e. The van der Waals surface area contributed by atoms with Crippen LogP contribution in [0, 0.1) is 5.82 Å². The number of carboxylic acids is 1. The van der Waals surface area contributed by atoms with E-state index in [2.05, 4.69) is 5.10 Å². The normalized spacial score (nSPS) is 11.9. The summed E-state index contributed by atoms with van der Waals surface area (Å²) in [6, 6.07) is 30.2. The van der Waals surface area contributed by atoms with Gasteiger partial charge < -0.3 is 21.3 Å². The zero-order chi connectivity index (χ0) is 35.3. The van der Waals surface area contributed by atoms with Crippen molar-refractivity contribution in [3.8, 4) is 17.1 Å². The lowest BCUT2D eigenvalue weighted by Crippen LogP contribution is -2.21. The number of hydrogen-bond donors (Lipinski definition) is 3. The summed E-state index contributed by atoms with van der Waals surface area (Å²) >= 11 is 0. The number of benzene rings is 4. The third kappa shape index (κ3) is 7.95. The van der Waals surface area contributed by atoms with E-state index >= 15 is 4.39 Å². The minimum atomic E-state index is -5.08. The summed E-state index contributed by atoms with van der Waals surface area (Å²) in [6.45, 7) is 2.36. The molecule has 0 aliphatic heterocycles. The maximum atomic E-state index is 16.2. The summed E-state index contributed by atoms with van der Waals surface area (Å²) in [5, 5.41) is 13.4. The fourth-order valence-electron chi connectivity index (χ4n) is 5.25. The number of aliphatic carboxylic acids is 1. The van der Waals surface area contributed by atoms with Gasteiger partial charge in [-0.3, -0.25) is 4.68 Å². The van der Waals surface area contributed by atoms with Gasteiger partial charge in [0.2, 0.25) is 0 Å². The molecule has 0 radical (unpaired) electrons. The molecular formula is C36H32F4N6O3. The van der Waals surface area contributed by atoms with Crippen LogP contribution in [0.5, 0.6) is 5.75 Å². The van der Waals surface area contributed by atoms with Crippen LogP contribution in [0.3, 0.4) is 0 Å². The van der Waals surface area contributed by atoms with Gasteiger partial charge >= 0.3 is 12.1 Å². The van der Waals surface area contributed by atoms with Crippen LogP contribution in [0.2, 0.25) is 0 Å². The van der Waals surface area contributed by atoms with Gasteiger partial charge in [0.1, 0.15) is 29.8 Å². The second-order valence-corrected chi connectivity index (χ2v) is 11.0. The van der Waals surface area contributed by atoms with Crippen molar-refractivity contribution in [2.45, 2.75) is 32.0 Å². The minimum Gasteiger partial charge on any atom is -0.489 e. The monoisotopic (exact) mass is 672 g/mol. The van der Waals surface area contributed by atoms with E-state index in [0.717, 1.165) is 27.5 Å². The highest BCUT2D eigenvalue weighted by Gasteiger charge is 2.38. The van der Waals surface area contributed by atoms with E-state index < -0.39 is 23.9 Å². The number of ether oxygens (including phenoxy) is 1. The maximum absolute atomic E-state index is 16.2.